The van der Waals surface area contributed by atoms with Crippen LogP contribution in [0.3, 0.4) is 0 Å². The maximum Gasteiger partial charge on any atom is 0.257 e. The van der Waals surface area contributed by atoms with Crippen LogP contribution in [0.1, 0.15) is 21.5 Å². The average Bonchev–Trinajstić information content (AvgIpc) is 2.36. The van der Waals surface area contributed by atoms with Gasteiger partial charge in [0.05, 0.1) is 22.0 Å². The van der Waals surface area contributed by atoms with Crippen LogP contribution in [0, 0.1) is 13.8 Å². The van der Waals surface area contributed by atoms with Gasteiger partial charge in [0, 0.05) is 4.47 Å². The maximum absolute atomic E-state index is 12.3. The Balaban J connectivity index is 2.35. The zero-order valence-electron chi connectivity index (χ0n) is 11.1. The van der Waals surface area contributed by atoms with Gasteiger partial charge in [0.1, 0.15) is 0 Å². The predicted molar refractivity (Wildman–Crippen MR) is 87.4 cm³/mol. The Morgan fingerprint density at radius 2 is 1.95 bits per heavy atom. The number of anilines is 2. The van der Waals surface area contributed by atoms with Crippen LogP contribution in [-0.4, -0.2) is 5.91 Å². The normalized spacial score (nSPS) is 10.4. The summed E-state index contributed by atoms with van der Waals surface area (Å²) in [6.45, 7) is 3.86. The zero-order chi connectivity index (χ0) is 14.9. The molecule has 0 spiro atoms. The van der Waals surface area contributed by atoms with Crippen LogP contribution in [-0.2, 0) is 0 Å². The number of carbonyl (C=O) groups is 1. The van der Waals surface area contributed by atoms with Crippen LogP contribution in [0.15, 0.2) is 34.8 Å². The summed E-state index contributed by atoms with van der Waals surface area (Å²) in [6.07, 6.45) is 0. The number of benzene rings is 2. The van der Waals surface area contributed by atoms with Crippen molar-refractivity contribution < 1.29 is 4.79 Å². The summed E-state index contributed by atoms with van der Waals surface area (Å²) in [5.74, 6) is -0.282. The molecule has 0 saturated heterocycles. The van der Waals surface area contributed by atoms with Crippen molar-refractivity contribution in [3.8, 4) is 0 Å². The van der Waals surface area contributed by atoms with E-state index in [1.807, 2.05) is 26.0 Å². The minimum atomic E-state index is -0.282. The lowest BCUT2D eigenvalue weighted by molar-refractivity contribution is 0.102. The Labute approximate surface area is 131 Å². The molecule has 0 heterocycles. The fraction of sp³-hybridized carbons (Fsp3) is 0.133. The van der Waals surface area contributed by atoms with E-state index in [0.717, 1.165) is 15.6 Å². The smallest absolute Gasteiger partial charge is 0.257 e. The Morgan fingerprint density at radius 3 is 2.60 bits per heavy atom. The Kier molecular flexibility index (Phi) is 4.35. The molecule has 3 nitrogen and oxygen atoms in total. The molecule has 0 aromatic heterocycles. The number of nitrogens with two attached hydrogens (primary N) is 1. The highest BCUT2D eigenvalue weighted by molar-refractivity contribution is 9.10. The monoisotopic (exact) mass is 352 g/mol. The van der Waals surface area contributed by atoms with Gasteiger partial charge in [-0.1, -0.05) is 33.6 Å². The van der Waals surface area contributed by atoms with Crippen LogP contribution < -0.4 is 11.1 Å². The van der Waals surface area contributed by atoms with Crippen LogP contribution >= 0.6 is 27.5 Å². The van der Waals surface area contributed by atoms with Crippen molar-refractivity contribution >= 4 is 44.8 Å². The van der Waals surface area contributed by atoms with Crippen molar-refractivity contribution in [2.45, 2.75) is 13.8 Å². The molecule has 0 aliphatic carbocycles. The standard InChI is InChI=1S/C15H14BrClN2O/c1-8-5-9(2)14(13(18)6-8)19-15(20)11-7-10(16)3-4-12(11)17/h3-7H,18H2,1-2H3,(H,19,20). The zero-order valence-corrected chi connectivity index (χ0v) is 13.5. The topological polar surface area (TPSA) is 55.1 Å². The first-order chi connectivity index (χ1) is 9.38. The van der Waals surface area contributed by atoms with Gasteiger partial charge in [-0.05, 0) is 49.2 Å². The van der Waals surface area contributed by atoms with E-state index in [0.29, 0.717) is 22.0 Å². The van der Waals surface area contributed by atoms with Crippen molar-refractivity contribution in [3.63, 3.8) is 0 Å². The molecule has 2 aromatic carbocycles. The molecule has 1 amide bonds. The van der Waals surface area contributed by atoms with Gasteiger partial charge >= 0.3 is 0 Å². The highest BCUT2D eigenvalue weighted by Crippen LogP contribution is 2.27. The van der Waals surface area contributed by atoms with Gasteiger partial charge in [0.15, 0.2) is 0 Å². The first kappa shape index (κ1) is 14.9. The van der Waals surface area contributed by atoms with E-state index in [2.05, 4.69) is 21.2 Å². The predicted octanol–water partition coefficient (Wildman–Crippen LogP) is 4.55. The van der Waals surface area contributed by atoms with Crippen molar-refractivity contribution in [2.24, 2.45) is 0 Å². The Hall–Kier alpha value is -1.52. The number of rotatable bonds is 2. The van der Waals surface area contributed by atoms with E-state index in [-0.39, 0.29) is 5.91 Å². The van der Waals surface area contributed by atoms with Crippen molar-refractivity contribution in [1.29, 1.82) is 0 Å². The summed E-state index contributed by atoms with van der Waals surface area (Å²) < 4.78 is 0.792. The summed E-state index contributed by atoms with van der Waals surface area (Å²) in [6, 6.07) is 8.92. The third-order valence-corrected chi connectivity index (χ3v) is 3.74. The van der Waals surface area contributed by atoms with Crippen LogP contribution in [0.5, 0.6) is 0 Å². The molecule has 0 atom stereocenters. The van der Waals surface area contributed by atoms with Gasteiger partial charge in [-0.25, -0.2) is 0 Å². The fourth-order valence-corrected chi connectivity index (χ4v) is 2.59. The number of amides is 1. The molecule has 0 aliphatic heterocycles. The molecule has 0 bridgehead atoms. The summed E-state index contributed by atoms with van der Waals surface area (Å²) in [4.78, 5) is 12.3. The number of hydrogen-bond acceptors (Lipinski definition) is 2. The molecule has 5 heteroatoms. The van der Waals surface area contributed by atoms with Gasteiger partial charge in [0.25, 0.3) is 5.91 Å². The second kappa shape index (κ2) is 5.85. The summed E-state index contributed by atoms with van der Waals surface area (Å²) in [5, 5.41) is 3.22. The lowest BCUT2D eigenvalue weighted by atomic mass is 10.1. The quantitative estimate of drug-likeness (QED) is 0.778. The van der Waals surface area contributed by atoms with E-state index in [1.165, 1.54) is 0 Å². The summed E-state index contributed by atoms with van der Waals surface area (Å²) >= 11 is 9.37. The second-order valence-electron chi connectivity index (χ2n) is 4.62. The van der Waals surface area contributed by atoms with E-state index in [4.69, 9.17) is 17.3 Å². The van der Waals surface area contributed by atoms with Crippen molar-refractivity contribution in [1.82, 2.24) is 0 Å². The van der Waals surface area contributed by atoms with Crippen LogP contribution in [0.2, 0.25) is 5.02 Å². The molecule has 0 unspecified atom stereocenters. The van der Waals surface area contributed by atoms with E-state index >= 15 is 0 Å². The third-order valence-electron chi connectivity index (χ3n) is 2.92. The molecule has 0 aliphatic rings. The minimum absolute atomic E-state index is 0.282. The number of hydrogen-bond donors (Lipinski definition) is 2. The summed E-state index contributed by atoms with van der Waals surface area (Å²) in [5.41, 5.74) is 9.50. The molecule has 0 fully saturated rings. The lowest BCUT2D eigenvalue weighted by Crippen LogP contribution is -2.15. The van der Waals surface area contributed by atoms with E-state index in [1.54, 1.807) is 18.2 Å². The van der Waals surface area contributed by atoms with E-state index < -0.39 is 0 Å². The van der Waals surface area contributed by atoms with Gasteiger partial charge in [-0.3, -0.25) is 4.79 Å². The number of carbonyl (C=O) groups excluding carboxylic acids is 1. The first-order valence-electron chi connectivity index (χ1n) is 6.01. The molecule has 2 aromatic rings. The lowest BCUT2D eigenvalue weighted by Gasteiger charge is -2.13. The number of nitrogen functional groups attached to an aromatic ring is 1. The highest BCUT2D eigenvalue weighted by atomic mass is 79.9. The van der Waals surface area contributed by atoms with E-state index in [9.17, 15) is 4.79 Å². The number of aryl methyl sites for hydroxylation is 2. The van der Waals surface area contributed by atoms with Gasteiger partial charge < -0.3 is 11.1 Å². The molecule has 20 heavy (non-hydrogen) atoms. The third kappa shape index (κ3) is 3.14. The molecule has 0 radical (unpaired) electrons. The molecular weight excluding hydrogens is 340 g/mol. The molecule has 104 valence electrons. The molecule has 2 rings (SSSR count). The van der Waals surface area contributed by atoms with Gasteiger partial charge in [-0.2, -0.15) is 0 Å². The molecule has 0 saturated carbocycles. The molecular formula is C15H14BrClN2O. The average molecular weight is 354 g/mol. The van der Waals surface area contributed by atoms with Crippen molar-refractivity contribution in [3.05, 3.63) is 56.5 Å². The van der Waals surface area contributed by atoms with Gasteiger partial charge in [0.2, 0.25) is 0 Å². The fourth-order valence-electron chi connectivity index (χ4n) is 2.02. The SMILES string of the molecule is Cc1cc(C)c(NC(=O)c2cc(Br)ccc2Cl)c(N)c1. The summed E-state index contributed by atoms with van der Waals surface area (Å²) in [7, 11) is 0. The van der Waals surface area contributed by atoms with Crippen molar-refractivity contribution in [2.75, 3.05) is 11.1 Å². The Morgan fingerprint density at radius 1 is 1.25 bits per heavy atom. The molecule has 3 N–H and O–H groups in total. The minimum Gasteiger partial charge on any atom is -0.397 e. The largest absolute Gasteiger partial charge is 0.397 e. The Bertz CT molecular complexity index is 663. The maximum atomic E-state index is 12.3. The first-order valence-corrected chi connectivity index (χ1v) is 7.18. The highest BCUT2D eigenvalue weighted by Gasteiger charge is 2.14. The number of nitrogens with one attached hydrogen (secondary N) is 1. The van der Waals surface area contributed by atoms with Crippen LogP contribution in [0.4, 0.5) is 11.4 Å². The second-order valence-corrected chi connectivity index (χ2v) is 5.95. The van der Waals surface area contributed by atoms with Gasteiger partial charge in [-0.15, -0.1) is 0 Å². The van der Waals surface area contributed by atoms with Crippen LogP contribution in [0.25, 0.3) is 0 Å². The number of halogens is 2.